The molecule has 0 aliphatic rings. The number of carbonyl (C=O) groups is 1. The average Bonchev–Trinajstić information content (AvgIpc) is 2.21. The second-order valence-corrected chi connectivity index (χ2v) is 3.63. The third-order valence-corrected chi connectivity index (χ3v) is 2.17. The highest BCUT2D eigenvalue weighted by atomic mass is 79.9. The first-order chi connectivity index (χ1) is 7.17. The monoisotopic (exact) mass is 275 g/mol. The quantitative estimate of drug-likeness (QED) is 0.858. The molecule has 0 aliphatic carbocycles. The van der Waals surface area contributed by atoms with Crippen LogP contribution in [0.4, 0.5) is 10.1 Å². The molecule has 0 spiro atoms. The van der Waals surface area contributed by atoms with E-state index in [1.165, 1.54) is 25.3 Å². The zero-order chi connectivity index (χ0) is 11.3. The summed E-state index contributed by atoms with van der Waals surface area (Å²) in [4.78, 5) is 11.2. The Morgan fingerprint density at radius 1 is 1.60 bits per heavy atom. The number of benzene rings is 1. The Morgan fingerprint density at radius 2 is 2.33 bits per heavy atom. The van der Waals surface area contributed by atoms with Crippen LogP contribution in [0, 0.1) is 5.82 Å². The Bertz CT molecular complexity index is 357. The molecule has 0 heterocycles. The molecule has 0 radical (unpaired) electrons. The Kier molecular flexibility index (Phi) is 4.55. The van der Waals surface area contributed by atoms with Crippen molar-refractivity contribution in [2.45, 2.75) is 6.42 Å². The van der Waals surface area contributed by atoms with E-state index in [4.69, 9.17) is 4.74 Å². The van der Waals surface area contributed by atoms with Gasteiger partial charge >= 0.3 is 0 Å². The van der Waals surface area contributed by atoms with Crippen LogP contribution in [0.15, 0.2) is 18.2 Å². The van der Waals surface area contributed by atoms with Crippen LogP contribution < -0.4 is 10.1 Å². The molecule has 1 aromatic rings. The fourth-order valence-corrected chi connectivity index (χ4v) is 1.39. The SMILES string of the molecule is COc1ccc(F)c(NC(=O)CCBr)c1. The zero-order valence-corrected chi connectivity index (χ0v) is 9.80. The summed E-state index contributed by atoms with van der Waals surface area (Å²) < 4.78 is 18.1. The van der Waals surface area contributed by atoms with Crippen molar-refractivity contribution in [3.63, 3.8) is 0 Å². The van der Waals surface area contributed by atoms with Crippen LogP contribution in [0.1, 0.15) is 6.42 Å². The Balaban J connectivity index is 2.79. The van der Waals surface area contributed by atoms with E-state index in [-0.39, 0.29) is 11.6 Å². The third-order valence-electron chi connectivity index (χ3n) is 1.77. The number of ether oxygens (including phenoxy) is 1. The van der Waals surface area contributed by atoms with E-state index in [1.54, 1.807) is 0 Å². The van der Waals surface area contributed by atoms with Gasteiger partial charge in [-0.3, -0.25) is 4.79 Å². The topological polar surface area (TPSA) is 38.3 Å². The van der Waals surface area contributed by atoms with E-state index in [2.05, 4.69) is 21.2 Å². The van der Waals surface area contributed by atoms with Crippen LogP contribution in [-0.2, 0) is 4.79 Å². The second-order valence-electron chi connectivity index (χ2n) is 2.83. The lowest BCUT2D eigenvalue weighted by Gasteiger charge is -2.07. The maximum Gasteiger partial charge on any atom is 0.225 e. The highest BCUT2D eigenvalue weighted by molar-refractivity contribution is 9.09. The van der Waals surface area contributed by atoms with Crippen molar-refractivity contribution in [1.29, 1.82) is 0 Å². The lowest BCUT2D eigenvalue weighted by Crippen LogP contribution is -2.12. The van der Waals surface area contributed by atoms with Gasteiger partial charge in [-0.2, -0.15) is 0 Å². The van der Waals surface area contributed by atoms with E-state index < -0.39 is 5.82 Å². The first-order valence-corrected chi connectivity index (χ1v) is 5.49. The van der Waals surface area contributed by atoms with E-state index in [9.17, 15) is 9.18 Å². The van der Waals surface area contributed by atoms with Gasteiger partial charge in [-0.25, -0.2) is 4.39 Å². The van der Waals surface area contributed by atoms with E-state index in [0.29, 0.717) is 17.5 Å². The normalized spacial score (nSPS) is 9.80. The van der Waals surface area contributed by atoms with Crippen molar-refractivity contribution in [1.82, 2.24) is 0 Å². The number of hydrogen-bond donors (Lipinski definition) is 1. The van der Waals surface area contributed by atoms with E-state index >= 15 is 0 Å². The number of alkyl halides is 1. The van der Waals surface area contributed by atoms with E-state index in [0.717, 1.165) is 0 Å². The molecule has 0 saturated carbocycles. The largest absolute Gasteiger partial charge is 0.497 e. The number of nitrogens with one attached hydrogen (secondary N) is 1. The molecule has 1 aromatic carbocycles. The molecule has 0 unspecified atom stereocenters. The van der Waals surface area contributed by atoms with Gasteiger partial charge in [-0.05, 0) is 12.1 Å². The summed E-state index contributed by atoms with van der Waals surface area (Å²) in [6, 6.07) is 4.19. The van der Waals surface area contributed by atoms with Gasteiger partial charge in [-0.1, -0.05) is 15.9 Å². The Labute approximate surface area is 95.7 Å². The second kappa shape index (κ2) is 5.70. The summed E-state index contributed by atoms with van der Waals surface area (Å²) >= 11 is 3.13. The maximum atomic E-state index is 13.2. The highest BCUT2D eigenvalue weighted by Crippen LogP contribution is 2.21. The molecule has 15 heavy (non-hydrogen) atoms. The summed E-state index contributed by atoms with van der Waals surface area (Å²) in [7, 11) is 1.48. The predicted molar refractivity (Wildman–Crippen MR) is 60.0 cm³/mol. The molecule has 5 heteroatoms. The summed E-state index contributed by atoms with van der Waals surface area (Å²) in [5.74, 6) is -0.205. The minimum atomic E-state index is -0.473. The third kappa shape index (κ3) is 3.51. The molecule has 82 valence electrons. The smallest absolute Gasteiger partial charge is 0.225 e. The first kappa shape index (κ1) is 12.0. The van der Waals surface area contributed by atoms with Crippen molar-refractivity contribution in [3.05, 3.63) is 24.0 Å². The van der Waals surface area contributed by atoms with Gasteiger partial charge in [0.05, 0.1) is 12.8 Å². The van der Waals surface area contributed by atoms with Crippen LogP contribution in [0.3, 0.4) is 0 Å². The van der Waals surface area contributed by atoms with Crippen LogP contribution in [-0.4, -0.2) is 18.3 Å². The number of hydrogen-bond acceptors (Lipinski definition) is 2. The minimum Gasteiger partial charge on any atom is -0.497 e. The summed E-state index contributed by atoms with van der Waals surface area (Å²) in [6.45, 7) is 0. The highest BCUT2D eigenvalue weighted by Gasteiger charge is 2.07. The summed E-state index contributed by atoms with van der Waals surface area (Å²) in [5.41, 5.74) is 0.139. The molecule has 0 aromatic heterocycles. The first-order valence-electron chi connectivity index (χ1n) is 4.36. The standard InChI is InChI=1S/C10H11BrFNO2/c1-15-7-2-3-8(12)9(6-7)13-10(14)4-5-11/h2-3,6H,4-5H2,1H3,(H,13,14). The van der Waals surface area contributed by atoms with Gasteiger partial charge < -0.3 is 10.1 Å². The van der Waals surface area contributed by atoms with Crippen molar-refractivity contribution in [2.24, 2.45) is 0 Å². The fourth-order valence-electron chi connectivity index (χ4n) is 1.03. The molecule has 0 bridgehead atoms. The molecule has 0 saturated heterocycles. The summed E-state index contributed by atoms with van der Waals surface area (Å²) in [6.07, 6.45) is 0.302. The molecular formula is C10H11BrFNO2. The number of methoxy groups -OCH3 is 1. The lowest BCUT2D eigenvalue weighted by atomic mass is 10.2. The van der Waals surface area contributed by atoms with Gasteiger partial charge in [0.2, 0.25) is 5.91 Å². The van der Waals surface area contributed by atoms with E-state index in [1.807, 2.05) is 0 Å². The lowest BCUT2D eigenvalue weighted by molar-refractivity contribution is -0.115. The number of anilines is 1. The maximum absolute atomic E-state index is 13.2. The number of amides is 1. The number of carbonyl (C=O) groups excluding carboxylic acids is 1. The molecule has 1 rings (SSSR count). The van der Waals surface area contributed by atoms with Crippen LogP contribution in [0.25, 0.3) is 0 Å². The molecule has 1 amide bonds. The zero-order valence-electron chi connectivity index (χ0n) is 8.22. The van der Waals surface area contributed by atoms with Crippen LogP contribution in [0.2, 0.25) is 0 Å². The Morgan fingerprint density at radius 3 is 2.93 bits per heavy atom. The van der Waals surface area contributed by atoms with Crippen LogP contribution >= 0.6 is 15.9 Å². The fraction of sp³-hybridized carbons (Fsp3) is 0.300. The average molecular weight is 276 g/mol. The molecule has 0 fully saturated rings. The van der Waals surface area contributed by atoms with Gasteiger partial charge in [0.25, 0.3) is 0 Å². The predicted octanol–water partition coefficient (Wildman–Crippen LogP) is 2.56. The van der Waals surface area contributed by atoms with Crippen LogP contribution in [0.5, 0.6) is 5.75 Å². The van der Waals surface area contributed by atoms with Gasteiger partial charge in [0, 0.05) is 17.8 Å². The summed E-state index contributed by atoms with van der Waals surface area (Å²) in [5, 5.41) is 3.01. The molecule has 3 nitrogen and oxygen atoms in total. The van der Waals surface area contributed by atoms with Gasteiger partial charge in [0.15, 0.2) is 0 Å². The number of rotatable bonds is 4. The van der Waals surface area contributed by atoms with Crippen molar-refractivity contribution < 1.29 is 13.9 Å². The van der Waals surface area contributed by atoms with Crippen molar-refractivity contribution in [3.8, 4) is 5.75 Å². The van der Waals surface area contributed by atoms with Gasteiger partial charge in [-0.15, -0.1) is 0 Å². The van der Waals surface area contributed by atoms with Crippen molar-refractivity contribution >= 4 is 27.5 Å². The molecular weight excluding hydrogens is 265 g/mol. The van der Waals surface area contributed by atoms with Gasteiger partial charge in [0.1, 0.15) is 11.6 Å². The number of halogens is 2. The minimum absolute atomic E-state index is 0.139. The molecule has 0 atom stereocenters. The molecule has 1 N–H and O–H groups in total. The Hall–Kier alpha value is -1.10. The molecule has 0 aliphatic heterocycles. The van der Waals surface area contributed by atoms with Crippen molar-refractivity contribution in [2.75, 3.05) is 17.8 Å².